The molecule has 0 saturated carbocycles. The molecule has 0 aliphatic carbocycles. The number of aliphatic hydroxyl groups excluding tert-OH is 1. The Morgan fingerprint density at radius 2 is 1.89 bits per heavy atom. The van der Waals surface area contributed by atoms with Crippen LogP contribution in [0.3, 0.4) is 0 Å². The standard InChI is InChI=1S/C14H14BrNO3/c15-11-3-1-10-6-12(4-2-9(10)5-11)16-8-13(17)7-14(18)19/h1-6,13,16-17H,7-8H2,(H,18,19). The molecule has 0 aromatic heterocycles. The summed E-state index contributed by atoms with van der Waals surface area (Å²) in [6.45, 7) is 0.217. The molecule has 0 spiro atoms. The van der Waals surface area contributed by atoms with Gasteiger partial charge < -0.3 is 15.5 Å². The van der Waals surface area contributed by atoms with Gasteiger partial charge in [0, 0.05) is 16.7 Å². The maximum Gasteiger partial charge on any atom is 0.306 e. The molecule has 0 amide bonds. The Morgan fingerprint density at radius 1 is 1.21 bits per heavy atom. The van der Waals surface area contributed by atoms with Gasteiger partial charge in [-0.15, -0.1) is 0 Å². The summed E-state index contributed by atoms with van der Waals surface area (Å²) in [5.74, 6) is -1.00. The third-order valence-corrected chi connectivity index (χ3v) is 3.25. The second-order valence-electron chi connectivity index (χ2n) is 4.34. The first kappa shape index (κ1) is 13.8. The molecule has 0 aliphatic heterocycles. The largest absolute Gasteiger partial charge is 0.481 e. The molecule has 100 valence electrons. The van der Waals surface area contributed by atoms with E-state index in [0.717, 1.165) is 20.9 Å². The van der Waals surface area contributed by atoms with Gasteiger partial charge in [-0.05, 0) is 35.0 Å². The van der Waals surface area contributed by atoms with E-state index in [0.29, 0.717) is 0 Å². The molecule has 0 aliphatic rings. The lowest BCUT2D eigenvalue weighted by Crippen LogP contribution is -2.22. The fourth-order valence-electron chi connectivity index (χ4n) is 1.84. The van der Waals surface area contributed by atoms with Gasteiger partial charge in [-0.25, -0.2) is 0 Å². The Morgan fingerprint density at radius 3 is 2.63 bits per heavy atom. The van der Waals surface area contributed by atoms with E-state index in [1.807, 2.05) is 36.4 Å². The Bertz CT molecular complexity index is 600. The first-order valence-electron chi connectivity index (χ1n) is 5.87. The van der Waals surface area contributed by atoms with Crippen molar-refractivity contribution in [1.29, 1.82) is 0 Å². The van der Waals surface area contributed by atoms with Crippen molar-refractivity contribution in [2.75, 3.05) is 11.9 Å². The van der Waals surface area contributed by atoms with Crippen molar-refractivity contribution in [3.05, 3.63) is 40.9 Å². The molecule has 4 nitrogen and oxygen atoms in total. The highest BCUT2D eigenvalue weighted by molar-refractivity contribution is 9.10. The number of benzene rings is 2. The van der Waals surface area contributed by atoms with E-state index >= 15 is 0 Å². The molecule has 0 bridgehead atoms. The quantitative estimate of drug-likeness (QED) is 0.791. The molecule has 5 heteroatoms. The Labute approximate surface area is 119 Å². The molecule has 2 aromatic rings. The molecule has 0 fully saturated rings. The van der Waals surface area contributed by atoms with Gasteiger partial charge >= 0.3 is 5.97 Å². The zero-order valence-corrected chi connectivity index (χ0v) is 11.7. The average molecular weight is 324 g/mol. The molecule has 2 aromatic carbocycles. The minimum atomic E-state index is -1.00. The van der Waals surface area contributed by atoms with E-state index in [9.17, 15) is 9.90 Å². The minimum absolute atomic E-state index is 0.217. The summed E-state index contributed by atoms with van der Waals surface area (Å²) in [5.41, 5.74) is 0.860. The Kier molecular flexibility index (Phi) is 4.39. The van der Waals surface area contributed by atoms with Crippen molar-refractivity contribution >= 4 is 38.4 Å². The van der Waals surface area contributed by atoms with Crippen LogP contribution in [0, 0.1) is 0 Å². The lowest BCUT2D eigenvalue weighted by atomic mass is 10.1. The number of hydrogen-bond donors (Lipinski definition) is 3. The molecule has 0 radical (unpaired) electrons. The summed E-state index contributed by atoms with van der Waals surface area (Å²) in [7, 11) is 0. The van der Waals surface area contributed by atoms with Crippen LogP contribution in [-0.2, 0) is 4.79 Å². The van der Waals surface area contributed by atoms with Crippen molar-refractivity contribution in [2.45, 2.75) is 12.5 Å². The van der Waals surface area contributed by atoms with Crippen LogP contribution in [0.2, 0.25) is 0 Å². The number of carboxylic acids is 1. The zero-order chi connectivity index (χ0) is 13.8. The number of halogens is 1. The summed E-state index contributed by atoms with van der Waals surface area (Å²) in [6, 6.07) is 11.8. The number of anilines is 1. The summed E-state index contributed by atoms with van der Waals surface area (Å²) in [4.78, 5) is 10.4. The summed E-state index contributed by atoms with van der Waals surface area (Å²) in [5, 5.41) is 23.3. The smallest absolute Gasteiger partial charge is 0.306 e. The summed E-state index contributed by atoms with van der Waals surface area (Å²) in [6.07, 6.45) is -1.15. The Hall–Kier alpha value is -1.59. The summed E-state index contributed by atoms with van der Waals surface area (Å²) >= 11 is 3.42. The number of hydrogen-bond acceptors (Lipinski definition) is 3. The average Bonchev–Trinajstić information content (AvgIpc) is 2.35. The highest BCUT2D eigenvalue weighted by Crippen LogP contribution is 2.22. The van der Waals surface area contributed by atoms with Crippen LogP contribution in [0.15, 0.2) is 40.9 Å². The normalized spacial score (nSPS) is 12.3. The number of carboxylic acid groups (broad SMARTS) is 1. The predicted octanol–water partition coefficient (Wildman–Crippen LogP) is 2.85. The maximum absolute atomic E-state index is 10.4. The minimum Gasteiger partial charge on any atom is -0.481 e. The second-order valence-corrected chi connectivity index (χ2v) is 5.25. The third-order valence-electron chi connectivity index (χ3n) is 2.75. The van der Waals surface area contributed by atoms with Gasteiger partial charge in [0.25, 0.3) is 0 Å². The molecule has 19 heavy (non-hydrogen) atoms. The molecule has 3 N–H and O–H groups in total. The number of fused-ring (bicyclic) bond motifs is 1. The van der Waals surface area contributed by atoms with E-state index in [1.165, 1.54) is 0 Å². The van der Waals surface area contributed by atoms with Gasteiger partial charge in [-0.1, -0.05) is 28.1 Å². The van der Waals surface area contributed by atoms with Gasteiger partial charge in [0.1, 0.15) is 0 Å². The molecule has 1 atom stereocenters. The molecular formula is C14H14BrNO3. The van der Waals surface area contributed by atoms with Crippen LogP contribution in [0.25, 0.3) is 10.8 Å². The Balaban J connectivity index is 2.05. The highest BCUT2D eigenvalue weighted by atomic mass is 79.9. The van der Waals surface area contributed by atoms with Crippen molar-refractivity contribution in [2.24, 2.45) is 0 Å². The molecule has 0 heterocycles. The van der Waals surface area contributed by atoms with Gasteiger partial charge in [0.15, 0.2) is 0 Å². The van der Waals surface area contributed by atoms with Crippen LogP contribution < -0.4 is 5.32 Å². The van der Waals surface area contributed by atoms with Gasteiger partial charge in [-0.3, -0.25) is 4.79 Å². The fourth-order valence-corrected chi connectivity index (χ4v) is 2.21. The van der Waals surface area contributed by atoms with Gasteiger partial charge in [0.2, 0.25) is 0 Å². The fraction of sp³-hybridized carbons (Fsp3) is 0.214. The SMILES string of the molecule is O=C(O)CC(O)CNc1ccc2cc(Br)ccc2c1. The van der Waals surface area contributed by atoms with Crippen LogP contribution in [0.1, 0.15) is 6.42 Å². The summed E-state index contributed by atoms with van der Waals surface area (Å²) < 4.78 is 1.03. The van der Waals surface area contributed by atoms with Crippen LogP contribution >= 0.6 is 15.9 Å². The second kappa shape index (κ2) is 6.04. The van der Waals surface area contributed by atoms with Crippen LogP contribution in [-0.4, -0.2) is 28.8 Å². The number of nitrogens with one attached hydrogen (secondary N) is 1. The van der Waals surface area contributed by atoms with E-state index in [1.54, 1.807) is 0 Å². The maximum atomic E-state index is 10.4. The number of rotatable bonds is 5. The predicted molar refractivity (Wildman–Crippen MR) is 78.4 cm³/mol. The number of aliphatic hydroxyl groups is 1. The molecule has 2 rings (SSSR count). The van der Waals surface area contributed by atoms with Crippen molar-refractivity contribution < 1.29 is 15.0 Å². The lowest BCUT2D eigenvalue weighted by molar-refractivity contribution is -0.138. The van der Waals surface area contributed by atoms with E-state index in [-0.39, 0.29) is 13.0 Å². The molecule has 1 unspecified atom stereocenters. The first-order valence-corrected chi connectivity index (χ1v) is 6.67. The van der Waals surface area contributed by atoms with Crippen molar-refractivity contribution in [3.63, 3.8) is 0 Å². The van der Waals surface area contributed by atoms with E-state index < -0.39 is 12.1 Å². The van der Waals surface area contributed by atoms with E-state index in [4.69, 9.17) is 5.11 Å². The van der Waals surface area contributed by atoms with Crippen LogP contribution in [0.5, 0.6) is 0 Å². The van der Waals surface area contributed by atoms with Crippen LogP contribution in [0.4, 0.5) is 5.69 Å². The van der Waals surface area contributed by atoms with Gasteiger partial charge in [0.05, 0.1) is 12.5 Å². The lowest BCUT2D eigenvalue weighted by Gasteiger charge is -2.11. The third kappa shape index (κ3) is 3.94. The monoisotopic (exact) mass is 323 g/mol. The highest BCUT2D eigenvalue weighted by Gasteiger charge is 2.08. The topological polar surface area (TPSA) is 69.6 Å². The molecule has 0 saturated heterocycles. The van der Waals surface area contributed by atoms with Crippen molar-refractivity contribution in [1.82, 2.24) is 0 Å². The van der Waals surface area contributed by atoms with Gasteiger partial charge in [-0.2, -0.15) is 0 Å². The zero-order valence-electron chi connectivity index (χ0n) is 10.1. The van der Waals surface area contributed by atoms with E-state index in [2.05, 4.69) is 21.2 Å². The number of aliphatic carboxylic acids is 1. The first-order chi connectivity index (χ1) is 9.04. The molecular weight excluding hydrogens is 310 g/mol. The van der Waals surface area contributed by atoms with Crippen molar-refractivity contribution in [3.8, 4) is 0 Å². The number of carbonyl (C=O) groups is 1.